The number of carbonyl (C=O) groups excluding carboxylic acids is 3. The number of likely N-dealkylation sites (N-methyl/N-ethyl adjacent to an activating group) is 1. The molecule has 18 heteroatoms. The van der Waals surface area contributed by atoms with Crippen LogP contribution in [0.3, 0.4) is 0 Å². The number of cyclic esters (lactones) is 1. The lowest BCUT2D eigenvalue weighted by Gasteiger charge is -2.47. The van der Waals surface area contributed by atoms with E-state index in [1.54, 1.807) is 52.0 Å². The van der Waals surface area contributed by atoms with E-state index in [9.17, 15) is 24.6 Å². The van der Waals surface area contributed by atoms with Gasteiger partial charge in [0.05, 0.1) is 37.1 Å². The topological polar surface area (TPSA) is 227 Å². The Balaban J connectivity index is 1.67. The van der Waals surface area contributed by atoms with Gasteiger partial charge in [0.15, 0.2) is 17.8 Å². The summed E-state index contributed by atoms with van der Waals surface area (Å²) in [6.45, 7) is 14.6. The lowest BCUT2D eigenvalue weighted by Crippen LogP contribution is -2.60. The number of aliphatic imine (C=N–C) groups is 1. The Morgan fingerprint density at radius 1 is 1.07 bits per heavy atom. The third-order valence-electron chi connectivity index (χ3n) is 11.9. The number of hydrogen-bond acceptors (Lipinski definition) is 17. The summed E-state index contributed by atoms with van der Waals surface area (Å²) >= 11 is 1.25. The fraction of sp³-hybridized carbons (Fsp3) is 0.690. The quantitative estimate of drug-likeness (QED) is 0.203. The molecular formula is C42H62N6O11S. The zero-order valence-electron chi connectivity index (χ0n) is 36.5. The fourth-order valence-electron chi connectivity index (χ4n) is 8.73. The Morgan fingerprint density at radius 3 is 2.35 bits per heavy atom. The Bertz CT molecular complexity index is 1890. The highest BCUT2D eigenvalue weighted by Crippen LogP contribution is 2.40. The van der Waals surface area contributed by atoms with Gasteiger partial charge in [-0.25, -0.2) is 4.99 Å². The number of nitrogens with two attached hydrogens (primary N) is 1. The van der Waals surface area contributed by atoms with Crippen LogP contribution in [0.5, 0.6) is 5.75 Å². The van der Waals surface area contributed by atoms with Crippen molar-refractivity contribution in [3.8, 4) is 16.3 Å². The monoisotopic (exact) mass is 858 g/mol. The minimum Gasteiger partial charge on any atom is -0.459 e. The smallest absolute Gasteiger partial charge is 0.316 e. The molecule has 0 radical (unpaired) electrons. The average Bonchev–Trinajstić information content (AvgIpc) is 3.63. The number of ketones is 1. The highest BCUT2D eigenvalue weighted by Gasteiger charge is 2.53. The second-order valence-electron chi connectivity index (χ2n) is 17.1. The molecule has 3 fully saturated rings. The summed E-state index contributed by atoms with van der Waals surface area (Å²) < 4.78 is 32.5. The van der Waals surface area contributed by atoms with Crippen LogP contribution in [0.2, 0.25) is 0 Å². The molecule has 5 rings (SSSR count). The number of aliphatic hydroxyl groups excluding tert-OH is 1. The van der Waals surface area contributed by atoms with Gasteiger partial charge >= 0.3 is 5.97 Å². The number of fused-ring (bicyclic) bond motifs is 5. The molecule has 2 bridgehead atoms. The van der Waals surface area contributed by atoms with Crippen molar-refractivity contribution in [2.45, 2.75) is 136 Å². The second-order valence-corrected chi connectivity index (χ2v) is 18.1. The predicted molar refractivity (Wildman–Crippen MR) is 224 cm³/mol. The van der Waals surface area contributed by atoms with Crippen LogP contribution in [-0.2, 0) is 38.1 Å². The van der Waals surface area contributed by atoms with Crippen molar-refractivity contribution in [1.29, 1.82) is 0 Å². The lowest BCUT2D eigenvalue weighted by molar-refractivity contribution is -0.296. The Kier molecular flexibility index (Phi) is 15.4. The molecule has 1 aromatic carbocycles. The van der Waals surface area contributed by atoms with Crippen LogP contribution in [0.4, 0.5) is 5.13 Å². The van der Waals surface area contributed by atoms with Gasteiger partial charge in [-0.05, 0) is 91.2 Å². The number of anilines is 1. The SMILES string of the molecule is CC[C@H]1OC(=O)[C@H](C)C(=O)[C@H](C)[C@@H](O[C@@H]2O[C@H](C)C[C@H](N(C)C)[C@H]2O)[C@@]2(C)C[C@@H](C)C(=NC(C)=O)[C@H](C)[C@@H](OC/C(=N\Oc3ccc(-c4nnc(N)s4)cc3)CO2)[C@]1(C)O. The molecule has 17 nitrogen and oxygen atoms in total. The van der Waals surface area contributed by atoms with E-state index in [1.165, 1.54) is 32.1 Å². The maximum absolute atomic E-state index is 14.5. The van der Waals surface area contributed by atoms with Crippen molar-refractivity contribution in [1.82, 2.24) is 15.1 Å². The van der Waals surface area contributed by atoms with Gasteiger partial charge in [-0.3, -0.25) is 14.4 Å². The summed E-state index contributed by atoms with van der Waals surface area (Å²) in [5, 5.41) is 37.5. The van der Waals surface area contributed by atoms with Crippen molar-refractivity contribution in [2.24, 2.45) is 33.8 Å². The Labute approximate surface area is 356 Å². The van der Waals surface area contributed by atoms with Crippen LogP contribution in [0, 0.1) is 23.7 Å². The molecule has 60 heavy (non-hydrogen) atoms. The zero-order valence-corrected chi connectivity index (χ0v) is 37.3. The summed E-state index contributed by atoms with van der Waals surface area (Å²) in [6, 6.07) is 6.67. The third kappa shape index (κ3) is 10.6. The average molecular weight is 859 g/mol. The molecule has 2 aromatic rings. The predicted octanol–water partition coefficient (Wildman–Crippen LogP) is 4.08. The Hall–Kier alpha value is -3.75. The number of nitrogens with zero attached hydrogens (tertiary/aromatic N) is 5. The number of ether oxygens (including phenoxy) is 5. The number of aliphatic hydroxyl groups is 2. The molecule has 13 atom stereocenters. The van der Waals surface area contributed by atoms with Crippen molar-refractivity contribution in [3.63, 3.8) is 0 Å². The first-order valence-corrected chi connectivity index (χ1v) is 21.4. The number of esters is 1. The van der Waals surface area contributed by atoms with Gasteiger partial charge in [0.25, 0.3) is 0 Å². The third-order valence-corrected chi connectivity index (χ3v) is 12.7. The molecule has 3 aliphatic rings. The highest BCUT2D eigenvalue weighted by atomic mass is 32.1. The van der Waals surface area contributed by atoms with Crippen molar-refractivity contribution in [3.05, 3.63) is 24.3 Å². The summed E-state index contributed by atoms with van der Waals surface area (Å²) in [7, 11) is 3.72. The number of hydrogen-bond donors (Lipinski definition) is 3. The molecule has 3 saturated heterocycles. The van der Waals surface area contributed by atoms with Crippen LogP contribution >= 0.6 is 11.3 Å². The number of amides is 1. The van der Waals surface area contributed by atoms with Crippen molar-refractivity contribution in [2.75, 3.05) is 33.0 Å². The first-order valence-electron chi connectivity index (χ1n) is 20.5. The molecule has 1 amide bonds. The van der Waals surface area contributed by atoms with E-state index >= 15 is 0 Å². The summed E-state index contributed by atoms with van der Waals surface area (Å²) in [5.41, 5.74) is 3.93. The van der Waals surface area contributed by atoms with Crippen LogP contribution in [-0.4, -0.2) is 136 Å². The molecule has 0 unspecified atom stereocenters. The number of oxime groups is 1. The maximum atomic E-state index is 14.5. The van der Waals surface area contributed by atoms with E-state index in [1.807, 2.05) is 32.8 Å². The van der Waals surface area contributed by atoms with Crippen LogP contribution in [0.25, 0.3) is 10.6 Å². The number of rotatable bonds is 7. The van der Waals surface area contributed by atoms with Gasteiger partial charge in [0.2, 0.25) is 11.0 Å². The fourth-order valence-corrected chi connectivity index (χ4v) is 9.35. The lowest BCUT2D eigenvalue weighted by atomic mass is 9.73. The molecule has 0 aliphatic carbocycles. The van der Waals surface area contributed by atoms with E-state index in [0.717, 1.165) is 5.56 Å². The minimum atomic E-state index is -1.87. The van der Waals surface area contributed by atoms with Gasteiger partial charge < -0.3 is 49.4 Å². The minimum absolute atomic E-state index is 0.123. The molecule has 1 aromatic heterocycles. The van der Waals surface area contributed by atoms with Gasteiger partial charge in [-0.2, -0.15) is 0 Å². The van der Waals surface area contributed by atoms with Gasteiger partial charge in [0.1, 0.15) is 34.4 Å². The van der Waals surface area contributed by atoms with Crippen LogP contribution < -0.4 is 10.6 Å². The molecule has 4 heterocycles. The van der Waals surface area contributed by atoms with E-state index in [-0.39, 0.29) is 43.9 Å². The largest absolute Gasteiger partial charge is 0.459 e. The van der Waals surface area contributed by atoms with Gasteiger partial charge in [-0.1, -0.05) is 44.2 Å². The number of benzene rings is 1. The molecule has 332 valence electrons. The molecular weight excluding hydrogens is 797 g/mol. The summed E-state index contributed by atoms with van der Waals surface area (Å²) in [6.07, 6.45) is -5.22. The molecule has 4 N–H and O–H groups in total. The molecule has 0 spiro atoms. The van der Waals surface area contributed by atoms with E-state index in [2.05, 4.69) is 20.3 Å². The van der Waals surface area contributed by atoms with E-state index in [4.69, 9.17) is 34.3 Å². The van der Waals surface area contributed by atoms with Gasteiger partial charge in [0, 0.05) is 36.1 Å². The standard InChI is InChI=1S/C42H62N6O11S/c1-12-31-42(9,53)36-23(4)32(44-26(7)49)21(2)18-41(8,55-20-28(19-54-36)47-59-29-15-13-27(14-16-29)37-45-46-40(43)60-37)35(24(5)33(50)25(6)38(52)57-31)58-39-34(51)30(48(10)11)17-22(3)56-39/h13-16,21-25,30-31,34-36,39,51,53H,12,17-20H2,1-11H3,(H2,43,46)/b44-32?,47-28+/t21-,22-,23+,24+,25-,30+,31-,34-,35-,36-,39+,41-,42-/m1/s1. The van der Waals surface area contributed by atoms with Gasteiger partial charge in [-0.15, -0.1) is 10.2 Å². The number of nitrogen functional groups attached to an aromatic ring is 1. The van der Waals surface area contributed by atoms with Crippen LogP contribution in [0.15, 0.2) is 34.4 Å². The second kappa shape index (κ2) is 19.5. The normalized spacial score (nSPS) is 37.6. The zero-order chi connectivity index (χ0) is 44.3. The van der Waals surface area contributed by atoms with Crippen LogP contribution in [0.1, 0.15) is 81.6 Å². The van der Waals surface area contributed by atoms with E-state index < -0.39 is 83.2 Å². The first-order chi connectivity index (χ1) is 28.2. The summed E-state index contributed by atoms with van der Waals surface area (Å²) in [4.78, 5) is 53.6. The van der Waals surface area contributed by atoms with Crippen molar-refractivity contribution >= 4 is 45.6 Å². The van der Waals surface area contributed by atoms with E-state index in [0.29, 0.717) is 28.0 Å². The maximum Gasteiger partial charge on any atom is 0.316 e. The Morgan fingerprint density at radius 2 is 1.75 bits per heavy atom. The summed E-state index contributed by atoms with van der Waals surface area (Å²) in [5.74, 6) is -5.02. The molecule has 3 aliphatic heterocycles. The highest BCUT2D eigenvalue weighted by molar-refractivity contribution is 7.18. The van der Waals surface area contributed by atoms with Crippen molar-refractivity contribution < 1.29 is 53.1 Å². The number of Topliss-reactive ketones (excluding diaryl/α,β-unsaturated/α-hetero) is 1. The molecule has 0 saturated carbocycles. The number of carbonyl (C=O) groups is 3. The number of aromatic nitrogens is 2. The first kappa shape index (κ1) is 47.3.